The van der Waals surface area contributed by atoms with E-state index in [0.717, 1.165) is 0 Å². The standard InChI is InChI=1S/C15H12ClNO4/c1-21-15(20)12-7-8(2-3-13(12)16)9-4-10(14(18)19)6-11(17)5-9/h2-7H,17H2,1H3,(H,18,19). The number of esters is 1. The summed E-state index contributed by atoms with van der Waals surface area (Å²) in [6, 6.07) is 9.22. The van der Waals surface area contributed by atoms with Crippen molar-refractivity contribution in [2.75, 3.05) is 12.8 Å². The Balaban J connectivity index is 2.57. The molecule has 0 bridgehead atoms. The van der Waals surface area contributed by atoms with Crippen LogP contribution in [0.5, 0.6) is 0 Å². The molecule has 0 spiro atoms. The van der Waals surface area contributed by atoms with Gasteiger partial charge < -0.3 is 15.6 Å². The number of carbonyl (C=O) groups excluding carboxylic acids is 1. The molecule has 2 aromatic rings. The normalized spacial score (nSPS) is 10.2. The molecule has 21 heavy (non-hydrogen) atoms. The molecule has 0 aliphatic heterocycles. The fourth-order valence-electron chi connectivity index (χ4n) is 1.91. The number of nitrogens with two attached hydrogens (primary N) is 1. The molecule has 0 heterocycles. The van der Waals surface area contributed by atoms with Gasteiger partial charge in [-0.25, -0.2) is 9.59 Å². The summed E-state index contributed by atoms with van der Waals surface area (Å²) in [5, 5.41) is 9.31. The Morgan fingerprint density at radius 1 is 1.14 bits per heavy atom. The van der Waals surface area contributed by atoms with E-state index in [1.54, 1.807) is 18.2 Å². The van der Waals surface area contributed by atoms with E-state index in [0.29, 0.717) is 16.8 Å². The topological polar surface area (TPSA) is 89.6 Å². The highest BCUT2D eigenvalue weighted by atomic mass is 35.5. The van der Waals surface area contributed by atoms with E-state index in [1.165, 1.54) is 25.3 Å². The summed E-state index contributed by atoms with van der Waals surface area (Å²) in [6.07, 6.45) is 0. The number of aromatic carboxylic acids is 1. The second kappa shape index (κ2) is 5.85. The average Bonchev–Trinajstić information content (AvgIpc) is 2.46. The molecule has 0 radical (unpaired) electrons. The lowest BCUT2D eigenvalue weighted by atomic mass is 10.00. The van der Waals surface area contributed by atoms with Gasteiger partial charge in [0.2, 0.25) is 0 Å². The van der Waals surface area contributed by atoms with Gasteiger partial charge in [-0.1, -0.05) is 17.7 Å². The predicted molar refractivity (Wildman–Crippen MR) is 79.6 cm³/mol. The Kier molecular flexibility index (Phi) is 4.14. The molecule has 6 heteroatoms. The fraction of sp³-hybridized carbons (Fsp3) is 0.0667. The van der Waals surface area contributed by atoms with Crippen LogP contribution in [0.15, 0.2) is 36.4 Å². The van der Waals surface area contributed by atoms with Crippen LogP contribution in [0.25, 0.3) is 11.1 Å². The molecule has 0 aliphatic rings. The van der Waals surface area contributed by atoms with Crippen LogP contribution in [0.3, 0.4) is 0 Å². The van der Waals surface area contributed by atoms with E-state index in [-0.39, 0.29) is 16.1 Å². The molecule has 0 aromatic heterocycles. The van der Waals surface area contributed by atoms with Gasteiger partial charge in [-0.05, 0) is 41.5 Å². The summed E-state index contributed by atoms with van der Waals surface area (Å²) < 4.78 is 4.65. The number of anilines is 1. The summed E-state index contributed by atoms with van der Waals surface area (Å²) in [5.41, 5.74) is 7.50. The van der Waals surface area contributed by atoms with E-state index >= 15 is 0 Å². The third-order valence-electron chi connectivity index (χ3n) is 2.91. The van der Waals surface area contributed by atoms with Gasteiger partial charge in [0, 0.05) is 5.69 Å². The van der Waals surface area contributed by atoms with Gasteiger partial charge in [-0.15, -0.1) is 0 Å². The summed E-state index contributed by atoms with van der Waals surface area (Å²) >= 11 is 5.95. The van der Waals surface area contributed by atoms with Gasteiger partial charge in [-0.3, -0.25) is 0 Å². The minimum absolute atomic E-state index is 0.0690. The largest absolute Gasteiger partial charge is 0.478 e. The quantitative estimate of drug-likeness (QED) is 0.672. The maximum Gasteiger partial charge on any atom is 0.339 e. The zero-order chi connectivity index (χ0) is 15.6. The smallest absolute Gasteiger partial charge is 0.339 e. The Bertz CT molecular complexity index is 728. The van der Waals surface area contributed by atoms with Crippen molar-refractivity contribution in [1.29, 1.82) is 0 Å². The van der Waals surface area contributed by atoms with Crippen LogP contribution in [0.2, 0.25) is 5.02 Å². The van der Waals surface area contributed by atoms with Crippen LogP contribution in [-0.2, 0) is 4.74 Å². The molecule has 0 fully saturated rings. The van der Waals surface area contributed by atoms with Crippen LogP contribution in [-0.4, -0.2) is 24.2 Å². The number of carboxylic acids is 1. The summed E-state index contributed by atoms with van der Waals surface area (Å²) in [7, 11) is 1.26. The molecular weight excluding hydrogens is 294 g/mol. The molecule has 0 unspecified atom stereocenters. The minimum atomic E-state index is -1.08. The monoisotopic (exact) mass is 305 g/mol. The van der Waals surface area contributed by atoms with Crippen molar-refractivity contribution in [3.63, 3.8) is 0 Å². The van der Waals surface area contributed by atoms with Crippen molar-refractivity contribution in [3.8, 4) is 11.1 Å². The van der Waals surface area contributed by atoms with Crippen molar-refractivity contribution in [2.45, 2.75) is 0 Å². The number of benzene rings is 2. The Hall–Kier alpha value is -2.53. The zero-order valence-electron chi connectivity index (χ0n) is 11.1. The van der Waals surface area contributed by atoms with Crippen LogP contribution in [0.1, 0.15) is 20.7 Å². The average molecular weight is 306 g/mol. The lowest BCUT2D eigenvalue weighted by Crippen LogP contribution is -2.03. The molecule has 0 amide bonds. The molecule has 3 N–H and O–H groups in total. The van der Waals surface area contributed by atoms with Crippen LogP contribution < -0.4 is 5.73 Å². The van der Waals surface area contributed by atoms with Gasteiger partial charge in [-0.2, -0.15) is 0 Å². The van der Waals surface area contributed by atoms with Crippen molar-refractivity contribution in [3.05, 3.63) is 52.5 Å². The highest BCUT2D eigenvalue weighted by Gasteiger charge is 2.13. The number of ether oxygens (including phenoxy) is 1. The first-order valence-corrected chi connectivity index (χ1v) is 6.32. The van der Waals surface area contributed by atoms with Crippen molar-refractivity contribution >= 4 is 29.2 Å². The SMILES string of the molecule is COC(=O)c1cc(-c2cc(N)cc(C(=O)O)c2)ccc1Cl. The highest BCUT2D eigenvalue weighted by Crippen LogP contribution is 2.28. The maximum atomic E-state index is 11.6. The molecule has 2 rings (SSSR count). The number of methoxy groups -OCH3 is 1. The number of nitrogen functional groups attached to an aromatic ring is 1. The Morgan fingerprint density at radius 2 is 1.86 bits per heavy atom. The Labute approximate surface area is 125 Å². The second-order valence-electron chi connectivity index (χ2n) is 4.34. The lowest BCUT2D eigenvalue weighted by Gasteiger charge is -2.08. The van der Waals surface area contributed by atoms with Gasteiger partial charge >= 0.3 is 11.9 Å². The molecule has 2 aromatic carbocycles. The van der Waals surface area contributed by atoms with Crippen molar-refractivity contribution in [2.24, 2.45) is 0 Å². The van der Waals surface area contributed by atoms with Crippen LogP contribution >= 0.6 is 11.6 Å². The molecular formula is C15H12ClNO4. The maximum absolute atomic E-state index is 11.6. The highest BCUT2D eigenvalue weighted by molar-refractivity contribution is 6.33. The summed E-state index contributed by atoms with van der Waals surface area (Å²) in [4.78, 5) is 22.7. The van der Waals surface area contributed by atoms with E-state index in [4.69, 9.17) is 22.4 Å². The van der Waals surface area contributed by atoms with E-state index < -0.39 is 11.9 Å². The molecule has 0 saturated carbocycles. The van der Waals surface area contributed by atoms with Crippen molar-refractivity contribution in [1.82, 2.24) is 0 Å². The predicted octanol–water partition coefficient (Wildman–Crippen LogP) is 3.07. The molecule has 108 valence electrons. The van der Waals surface area contributed by atoms with E-state index in [9.17, 15) is 9.59 Å². The summed E-state index contributed by atoms with van der Waals surface area (Å²) in [5.74, 6) is -1.64. The number of rotatable bonds is 3. The third-order valence-corrected chi connectivity index (χ3v) is 3.24. The van der Waals surface area contributed by atoms with Gasteiger partial charge in [0.15, 0.2) is 0 Å². The Morgan fingerprint density at radius 3 is 2.48 bits per heavy atom. The number of carbonyl (C=O) groups is 2. The number of hydrogen-bond acceptors (Lipinski definition) is 4. The van der Waals surface area contributed by atoms with Crippen LogP contribution in [0, 0.1) is 0 Å². The van der Waals surface area contributed by atoms with E-state index in [2.05, 4.69) is 4.74 Å². The second-order valence-corrected chi connectivity index (χ2v) is 4.74. The first-order valence-electron chi connectivity index (χ1n) is 5.94. The molecule has 0 atom stereocenters. The number of halogens is 1. The van der Waals surface area contributed by atoms with Gasteiger partial charge in [0.1, 0.15) is 0 Å². The first-order chi connectivity index (χ1) is 9.92. The van der Waals surface area contributed by atoms with E-state index in [1.807, 2.05) is 0 Å². The lowest BCUT2D eigenvalue weighted by molar-refractivity contribution is 0.0600. The van der Waals surface area contributed by atoms with Crippen molar-refractivity contribution < 1.29 is 19.4 Å². The molecule has 5 nitrogen and oxygen atoms in total. The minimum Gasteiger partial charge on any atom is -0.478 e. The zero-order valence-corrected chi connectivity index (χ0v) is 11.8. The third kappa shape index (κ3) is 3.14. The molecule has 0 saturated heterocycles. The molecule has 0 aliphatic carbocycles. The fourth-order valence-corrected chi connectivity index (χ4v) is 2.11. The number of hydrogen-bond donors (Lipinski definition) is 2. The van der Waals surface area contributed by atoms with Gasteiger partial charge in [0.05, 0.1) is 23.3 Å². The summed E-state index contributed by atoms with van der Waals surface area (Å²) in [6.45, 7) is 0. The first kappa shape index (κ1) is 14.9. The van der Waals surface area contributed by atoms with Crippen LogP contribution in [0.4, 0.5) is 5.69 Å². The van der Waals surface area contributed by atoms with Gasteiger partial charge in [0.25, 0.3) is 0 Å². The number of carboxylic acid groups (broad SMARTS) is 1.